The van der Waals surface area contributed by atoms with E-state index in [0.717, 1.165) is 25.0 Å². The number of aliphatic hydroxyl groups is 1. The Balaban J connectivity index is 2.34. The quantitative estimate of drug-likeness (QED) is 0.203. The number of carbonyl (C=O) groups excluding carboxylic acids is 1. The van der Waals surface area contributed by atoms with E-state index in [9.17, 15) is 28.3 Å². The monoisotopic (exact) mass is 539 g/mol. The summed E-state index contributed by atoms with van der Waals surface area (Å²) in [5, 5.41) is 29.7. The van der Waals surface area contributed by atoms with Gasteiger partial charge in [0, 0.05) is 29.3 Å². The first-order chi connectivity index (χ1) is 18.4. The Morgan fingerprint density at radius 3 is 2.41 bits per heavy atom. The largest absolute Gasteiger partial charge is 0.512 e. The first kappa shape index (κ1) is 29.5. The standard InChI is InChI=1S/C30H32F3N3O3/c1-5-6-7-11-24(37)27-26(21-14-12-20(17-34)13-15-21)25(29(38)39-18(2)3)19(4)36(28(27)35)23-10-8-9-22(16-23)30(31,32)33/h8-10,12-16,18,26,35,37H,5-7,11H2,1-4H3. The van der Waals surface area contributed by atoms with Gasteiger partial charge in [-0.1, -0.05) is 38.0 Å². The van der Waals surface area contributed by atoms with E-state index < -0.39 is 29.7 Å². The van der Waals surface area contributed by atoms with Crippen LogP contribution in [0.3, 0.4) is 0 Å². The van der Waals surface area contributed by atoms with E-state index >= 15 is 0 Å². The average Bonchev–Trinajstić information content (AvgIpc) is 2.87. The van der Waals surface area contributed by atoms with Crippen LogP contribution in [0.5, 0.6) is 0 Å². The number of alkyl halides is 3. The van der Waals surface area contributed by atoms with Gasteiger partial charge in [-0.05, 0) is 63.1 Å². The zero-order chi connectivity index (χ0) is 28.9. The molecule has 0 aromatic heterocycles. The number of unbranched alkanes of at least 4 members (excludes halogenated alkanes) is 2. The molecular formula is C30H32F3N3O3. The van der Waals surface area contributed by atoms with Crippen molar-refractivity contribution >= 4 is 17.5 Å². The van der Waals surface area contributed by atoms with Gasteiger partial charge < -0.3 is 9.84 Å². The maximum absolute atomic E-state index is 13.6. The minimum absolute atomic E-state index is 0.0271. The third-order valence-electron chi connectivity index (χ3n) is 6.48. The van der Waals surface area contributed by atoms with Crippen molar-refractivity contribution in [2.24, 2.45) is 0 Å². The molecule has 0 amide bonds. The number of hydrogen-bond acceptors (Lipinski definition) is 5. The Labute approximate surface area is 226 Å². The molecule has 3 rings (SSSR count). The Hall–Kier alpha value is -4.06. The summed E-state index contributed by atoms with van der Waals surface area (Å²) in [6.45, 7) is 6.92. The van der Waals surface area contributed by atoms with Crippen LogP contribution in [0.4, 0.5) is 18.9 Å². The lowest BCUT2D eigenvalue weighted by molar-refractivity contribution is -0.143. The number of aliphatic hydroxyl groups excluding tert-OH is 1. The first-order valence-electron chi connectivity index (χ1n) is 12.8. The lowest BCUT2D eigenvalue weighted by Gasteiger charge is -2.39. The van der Waals surface area contributed by atoms with E-state index in [0.29, 0.717) is 17.5 Å². The van der Waals surface area contributed by atoms with Gasteiger partial charge in [0.1, 0.15) is 11.6 Å². The molecule has 0 fully saturated rings. The second kappa shape index (κ2) is 12.2. The summed E-state index contributed by atoms with van der Waals surface area (Å²) < 4.78 is 46.3. The smallest absolute Gasteiger partial charge is 0.416 e. The summed E-state index contributed by atoms with van der Waals surface area (Å²) in [7, 11) is 0. The summed E-state index contributed by atoms with van der Waals surface area (Å²) in [6.07, 6.45) is -2.55. The number of nitriles is 1. The molecule has 1 aliphatic rings. The van der Waals surface area contributed by atoms with Crippen LogP contribution in [0, 0.1) is 16.7 Å². The van der Waals surface area contributed by atoms with E-state index in [1.165, 1.54) is 17.0 Å². The SMILES string of the molecule is CCCCCC(O)=C1C(=N)N(c2cccc(C(F)(F)F)c2)C(C)=C(C(=O)OC(C)C)C1c1ccc(C#N)cc1. The Bertz CT molecular complexity index is 1340. The second-order valence-electron chi connectivity index (χ2n) is 9.67. The van der Waals surface area contributed by atoms with Crippen molar-refractivity contribution < 1.29 is 27.8 Å². The summed E-state index contributed by atoms with van der Waals surface area (Å²) in [5.74, 6) is -2.00. The van der Waals surface area contributed by atoms with E-state index in [-0.39, 0.29) is 40.5 Å². The molecule has 0 bridgehead atoms. The van der Waals surface area contributed by atoms with Crippen LogP contribution in [0.2, 0.25) is 0 Å². The molecule has 6 nitrogen and oxygen atoms in total. The summed E-state index contributed by atoms with van der Waals surface area (Å²) in [4.78, 5) is 14.8. The van der Waals surface area contributed by atoms with E-state index in [1.807, 2.05) is 13.0 Å². The van der Waals surface area contributed by atoms with Gasteiger partial charge in [-0.25, -0.2) is 4.79 Å². The fourth-order valence-electron chi connectivity index (χ4n) is 4.65. The Morgan fingerprint density at radius 2 is 1.85 bits per heavy atom. The normalized spacial score (nSPS) is 17.4. The highest BCUT2D eigenvalue weighted by Gasteiger charge is 2.42. The molecular weight excluding hydrogens is 507 g/mol. The van der Waals surface area contributed by atoms with Crippen molar-refractivity contribution in [1.82, 2.24) is 0 Å². The van der Waals surface area contributed by atoms with Crippen molar-refractivity contribution in [2.45, 2.75) is 71.6 Å². The number of ether oxygens (including phenoxy) is 1. The predicted octanol–water partition coefficient (Wildman–Crippen LogP) is 7.78. The fourth-order valence-corrected chi connectivity index (χ4v) is 4.65. The molecule has 9 heteroatoms. The second-order valence-corrected chi connectivity index (χ2v) is 9.67. The van der Waals surface area contributed by atoms with Crippen LogP contribution >= 0.6 is 0 Å². The van der Waals surface area contributed by atoms with Gasteiger partial charge in [0.2, 0.25) is 0 Å². The highest BCUT2D eigenvalue weighted by molar-refractivity contribution is 6.16. The number of amidine groups is 1. The lowest BCUT2D eigenvalue weighted by atomic mass is 9.78. The van der Waals surface area contributed by atoms with Gasteiger partial charge >= 0.3 is 12.1 Å². The van der Waals surface area contributed by atoms with Gasteiger partial charge in [-0.15, -0.1) is 0 Å². The summed E-state index contributed by atoms with van der Waals surface area (Å²) >= 11 is 0. The number of esters is 1. The molecule has 39 heavy (non-hydrogen) atoms. The Kier molecular flexibility index (Phi) is 9.23. The van der Waals surface area contributed by atoms with Crippen LogP contribution in [-0.2, 0) is 15.7 Å². The third-order valence-corrected chi connectivity index (χ3v) is 6.48. The van der Waals surface area contributed by atoms with Crippen LogP contribution in [-0.4, -0.2) is 23.0 Å². The van der Waals surface area contributed by atoms with Crippen molar-refractivity contribution in [2.75, 3.05) is 4.90 Å². The molecule has 0 spiro atoms. The van der Waals surface area contributed by atoms with E-state index in [2.05, 4.69) is 0 Å². The number of allylic oxidation sites excluding steroid dienone is 2. The number of rotatable bonds is 8. The first-order valence-corrected chi connectivity index (χ1v) is 12.8. The van der Waals surface area contributed by atoms with Crippen molar-refractivity contribution in [3.8, 4) is 6.07 Å². The third kappa shape index (κ3) is 6.51. The van der Waals surface area contributed by atoms with Crippen molar-refractivity contribution in [3.05, 3.63) is 87.8 Å². The summed E-state index contributed by atoms with van der Waals surface area (Å²) in [5.41, 5.74) is 0.463. The summed E-state index contributed by atoms with van der Waals surface area (Å²) in [6, 6.07) is 13.0. The number of hydrogen-bond donors (Lipinski definition) is 2. The van der Waals surface area contributed by atoms with Crippen molar-refractivity contribution in [1.29, 1.82) is 10.7 Å². The molecule has 1 unspecified atom stereocenters. The highest BCUT2D eigenvalue weighted by Crippen LogP contribution is 2.45. The zero-order valence-electron chi connectivity index (χ0n) is 22.4. The number of benzene rings is 2. The highest BCUT2D eigenvalue weighted by atomic mass is 19.4. The number of halogens is 3. The molecule has 0 saturated carbocycles. The van der Waals surface area contributed by atoms with Gasteiger partial charge in [0.25, 0.3) is 0 Å². The van der Waals surface area contributed by atoms with Crippen LogP contribution < -0.4 is 4.90 Å². The van der Waals surface area contributed by atoms with Crippen LogP contribution in [0.15, 0.2) is 71.1 Å². The lowest BCUT2D eigenvalue weighted by Crippen LogP contribution is -2.41. The number of anilines is 1. The number of nitrogens with one attached hydrogen (secondary N) is 1. The minimum Gasteiger partial charge on any atom is -0.512 e. The van der Waals surface area contributed by atoms with Gasteiger partial charge in [-0.3, -0.25) is 10.3 Å². The van der Waals surface area contributed by atoms with Crippen molar-refractivity contribution in [3.63, 3.8) is 0 Å². The van der Waals surface area contributed by atoms with E-state index in [1.54, 1.807) is 45.0 Å². The molecule has 0 saturated heterocycles. The zero-order valence-corrected chi connectivity index (χ0v) is 22.4. The van der Waals surface area contributed by atoms with Crippen LogP contribution in [0.25, 0.3) is 0 Å². The molecule has 0 radical (unpaired) electrons. The minimum atomic E-state index is -4.61. The van der Waals surface area contributed by atoms with Gasteiger partial charge in [0.15, 0.2) is 0 Å². The van der Waals surface area contributed by atoms with Gasteiger partial charge in [0.05, 0.1) is 28.9 Å². The molecule has 2 N–H and O–H groups in total. The van der Waals surface area contributed by atoms with E-state index in [4.69, 9.17) is 10.1 Å². The molecule has 1 heterocycles. The molecule has 1 aliphatic heterocycles. The number of carbonyl (C=O) groups is 1. The number of nitrogens with zero attached hydrogens (tertiary/aromatic N) is 2. The maximum atomic E-state index is 13.6. The topological polar surface area (TPSA) is 97.4 Å². The van der Waals surface area contributed by atoms with Crippen LogP contribution in [0.1, 0.15) is 76.0 Å². The predicted molar refractivity (Wildman–Crippen MR) is 143 cm³/mol. The molecule has 206 valence electrons. The molecule has 1 atom stereocenters. The molecule has 2 aromatic carbocycles. The fraction of sp³-hybridized carbons (Fsp3) is 0.367. The molecule has 2 aromatic rings. The average molecular weight is 540 g/mol. The van der Waals surface area contributed by atoms with Gasteiger partial charge in [-0.2, -0.15) is 18.4 Å². The maximum Gasteiger partial charge on any atom is 0.416 e. The Morgan fingerprint density at radius 1 is 1.18 bits per heavy atom. The molecule has 0 aliphatic carbocycles.